The van der Waals surface area contributed by atoms with Crippen LogP contribution < -0.4 is 4.72 Å². The Morgan fingerprint density at radius 3 is 2.48 bits per heavy atom. The van der Waals surface area contributed by atoms with Crippen molar-refractivity contribution in [2.75, 3.05) is 6.61 Å². The average molecular weight is 341 g/mol. The van der Waals surface area contributed by atoms with Crippen molar-refractivity contribution < 1.29 is 27.5 Å². The van der Waals surface area contributed by atoms with E-state index >= 15 is 0 Å². The molecular weight excluding hydrogens is 322 g/mol. The molecule has 1 aliphatic rings. The van der Waals surface area contributed by atoms with E-state index in [0.717, 1.165) is 0 Å². The van der Waals surface area contributed by atoms with Gasteiger partial charge in [0.25, 0.3) is 0 Å². The number of rotatable bonds is 6. The van der Waals surface area contributed by atoms with Gasteiger partial charge < -0.3 is 9.47 Å². The fourth-order valence-corrected chi connectivity index (χ4v) is 3.44. The first-order valence-electron chi connectivity index (χ1n) is 7.26. The number of carbonyl (C=O) groups is 2. The number of nitrogens with one attached hydrogen (secondary N) is 1. The van der Waals surface area contributed by atoms with Gasteiger partial charge >= 0.3 is 11.9 Å². The molecule has 0 amide bonds. The SMILES string of the molecule is CC(C)[C@H](NS(=O)(=O)c1ccccc1)C(=O)O[C@@H]1CCOC1=O. The lowest BCUT2D eigenvalue weighted by atomic mass is 10.1. The van der Waals surface area contributed by atoms with Crippen molar-refractivity contribution in [1.82, 2.24) is 4.72 Å². The molecule has 1 N–H and O–H groups in total. The average Bonchev–Trinajstić information content (AvgIpc) is 2.90. The molecule has 0 bridgehead atoms. The maximum Gasteiger partial charge on any atom is 0.347 e. The summed E-state index contributed by atoms with van der Waals surface area (Å²) in [5, 5.41) is 0. The Hall–Kier alpha value is -1.93. The summed E-state index contributed by atoms with van der Waals surface area (Å²) in [6.07, 6.45) is -0.689. The Kier molecular flexibility index (Phi) is 5.38. The van der Waals surface area contributed by atoms with Crippen molar-refractivity contribution in [2.45, 2.75) is 37.3 Å². The molecule has 126 valence electrons. The van der Waals surface area contributed by atoms with Crippen molar-refractivity contribution >= 4 is 22.0 Å². The molecular formula is C15H19NO6S. The van der Waals surface area contributed by atoms with Crippen molar-refractivity contribution in [3.05, 3.63) is 30.3 Å². The lowest BCUT2D eigenvalue weighted by Crippen LogP contribution is -2.46. The molecule has 1 heterocycles. The fraction of sp³-hybridized carbons (Fsp3) is 0.467. The summed E-state index contributed by atoms with van der Waals surface area (Å²) in [5.41, 5.74) is 0. The first-order chi connectivity index (χ1) is 10.8. The predicted octanol–water partition coefficient (Wildman–Crippen LogP) is 0.848. The number of carbonyl (C=O) groups excluding carboxylic acids is 2. The van der Waals surface area contributed by atoms with Crippen LogP contribution in [-0.2, 0) is 29.1 Å². The molecule has 7 nitrogen and oxygen atoms in total. The van der Waals surface area contributed by atoms with Gasteiger partial charge in [0.1, 0.15) is 6.04 Å². The number of hydrogen-bond donors (Lipinski definition) is 1. The van der Waals surface area contributed by atoms with Crippen molar-refractivity contribution in [2.24, 2.45) is 5.92 Å². The van der Waals surface area contributed by atoms with Gasteiger partial charge in [-0.3, -0.25) is 4.79 Å². The molecule has 0 aromatic heterocycles. The molecule has 1 aromatic carbocycles. The van der Waals surface area contributed by atoms with E-state index in [-0.39, 0.29) is 23.8 Å². The smallest absolute Gasteiger partial charge is 0.347 e. The van der Waals surface area contributed by atoms with Crippen LogP contribution in [0.2, 0.25) is 0 Å². The topological polar surface area (TPSA) is 98.8 Å². The summed E-state index contributed by atoms with van der Waals surface area (Å²) in [7, 11) is -3.86. The van der Waals surface area contributed by atoms with Gasteiger partial charge in [-0.25, -0.2) is 13.2 Å². The summed E-state index contributed by atoms with van der Waals surface area (Å²) in [5.74, 6) is -1.74. The largest absolute Gasteiger partial charge is 0.463 e. The fourth-order valence-electron chi connectivity index (χ4n) is 2.09. The molecule has 1 aromatic rings. The number of benzene rings is 1. The van der Waals surface area contributed by atoms with E-state index in [1.54, 1.807) is 32.0 Å². The quantitative estimate of drug-likeness (QED) is 0.770. The van der Waals surface area contributed by atoms with Gasteiger partial charge in [-0.2, -0.15) is 4.72 Å². The van der Waals surface area contributed by atoms with Crippen molar-refractivity contribution in [1.29, 1.82) is 0 Å². The normalized spacial score (nSPS) is 19.4. The molecule has 0 aliphatic carbocycles. The number of esters is 2. The van der Waals surface area contributed by atoms with E-state index < -0.39 is 34.1 Å². The zero-order chi connectivity index (χ0) is 17.0. The highest BCUT2D eigenvalue weighted by atomic mass is 32.2. The van der Waals surface area contributed by atoms with E-state index in [9.17, 15) is 18.0 Å². The maximum atomic E-state index is 12.3. The van der Waals surface area contributed by atoms with Gasteiger partial charge in [0.05, 0.1) is 11.5 Å². The summed E-state index contributed by atoms with van der Waals surface area (Å²) >= 11 is 0. The first-order valence-corrected chi connectivity index (χ1v) is 8.74. The van der Waals surface area contributed by atoms with E-state index in [1.165, 1.54) is 12.1 Å². The van der Waals surface area contributed by atoms with Crippen LogP contribution in [0.15, 0.2) is 35.2 Å². The van der Waals surface area contributed by atoms with Crippen LogP contribution in [0.3, 0.4) is 0 Å². The van der Waals surface area contributed by atoms with Gasteiger partial charge in [-0.15, -0.1) is 0 Å². The van der Waals surface area contributed by atoms with Crippen LogP contribution in [0.25, 0.3) is 0 Å². The van der Waals surface area contributed by atoms with Crippen LogP contribution in [0, 0.1) is 5.92 Å². The summed E-state index contributed by atoms with van der Waals surface area (Å²) in [6.45, 7) is 3.57. The van der Waals surface area contributed by atoms with E-state index in [2.05, 4.69) is 4.72 Å². The van der Waals surface area contributed by atoms with E-state index in [1.807, 2.05) is 0 Å². The number of cyclic esters (lactones) is 1. The molecule has 1 fully saturated rings. The highest BCUT2D eigenvalue weighted by molar-refractivity contribution is 7.89. The van der Waals surface area contributed by atoms with Gasteiger partial charge in [0, 0.05) is 6.42 Å². The van der Waals surface area contributed by atoms with Gasteiger partial charge in [-0.1, -0.05) is 32.0 Å². The third-order valence-corrected chi connectivity index (χ3v) is 4.86. The summed E-state index contributed by atoms with van der Waals surface area (Å²) in [6, 6.07) is 6.64. The van der Waals surface area contributed by atoms with Crippen LogP contribution in [0.5, 0.6) is 0 Å². The standard InChI is InChI=1S/C15H19NO6S/c1-10(2)13(15(18)22-12-8-9-21-14(12)17)16-23(19,20)11-6-4-3-5-7-11/h3-7,10,12-13,16H,8-9H2,1-2H3/t12-,13+/m1/s1. The maximum absolute atomic E-state index is 12.3. The molecule has 2 rings (SSSR count). The monoisotopic (exact) mass is 341 g/mol. The Morgan fingerprint density at radius 1 is 1.30 bits per heavy atom. The third kappa shape index (κ3) is 4.29. The lowest BCUT2D eigenvalue weighted by molar-refractivity contribution is -0.162. The summed E-state index contributed by atoms with van der Waals surface area (Å²) < 4.78 is 36.8. The number of sulfonamides is 1. The number of hydrogen-bond acceptors (Lipinski definition) is 6. The van der Waals surface area contributed by atoms with Crippen LogP contribution >= 0.6 is 0 Å². The Morgan fingerprint density at radius 2 is 1.96 bits per heavy atom. The Balaban J connectivity index is 2.12. The zero-order valence-electron chi connectivity index (χ0n) is 12.9. The second-order valence-electron chi connectivity index (χ2n) is 5.54. The highest BCUT2D eigenvalue weighted by Gasteiger charge is 2.35. The second kappa shape index (κ2) is 7.10. The van der Waals surface area contributed by atoms with Crippen molar-refractivity contribution in [3.8, 4) is 0 Å². The third-order valence-electron chi connectivity index (χ3n) is 3.40. The highest BCUT2D eigenvalue weighted by Crippen LogP contribution is 2.16. The molecule has 1 saturated heterocycles. The Bertz CT molecular complexity index is 670. The van der Waals surface area contributed by atoms with Gasteiger partial charge in [-0.05, 0) is 18.1 Å². The minimum Gasteiger partial charge on any atom is -0.463 e. The Labute approximate surface area is 135 Å². The van der Waals surface area contributed by atoms with E-state index in [4.69, 9.17) is 9.47 Å². The minimum atomic E-state index is -3.86. The molecule has 0 radical (unpaired) electrons. The van der Waals surface area contributed by atoms with E-state index in [0.29, 0.717) is 0 Å². The first kappa shape index (κ1) is 17.4. The van der Waals surface area contributed by atoms with Crippen LogP contribution in [0.1, 0.15) is 20.3 Å². The van der Waals surface area contributed by atoms with Gasteiger partial charge in [0.15, 0.2) is 0 Å². The molecule has 8 heteroatoms. The van der Waals surface area contributed by atoms with Crippen LogP contribution in [0.4, 0.5) is 0 Å². The van der Waals surface area contributed by atoms with Gasteiger partial charge in [0.2, 0.25) is 16.1 Å². The number of ether oxygens (including phenoxy) is 2. The summed E-state index contributed by atoms with van der Waals surface area (Å²) in [4.78, 5) is 23.7. The van der Waals surface area contributed by atoms with Crippen LogP contribution in [-0.4, -0.2) is 39.1 Å². The minimum absolute atomic E-state index is 0.0544. The molecule has 23 heavy (non-hydrogen) atoms. The van der Waals surface area contributed by atoms with Crippen molar-refractivity contribution in [3.63, 3.8) is 0 Å². The molecule has 0 saturated carbocycles. The molecule has 0 unspecified atom stereocenters. The predicted molar refractivity (Wildman–Crippen MR) is 80.8 cm³/mol. The second-order valence-corrected chi connectivity index (χ2v) is 7.25. The molecule has 1 aliphatic heterocycles. The lowest BCUT2D eigenvalue weighted by Gasteiger charge is -2.21. The molecule has 2 atom stereocenters. The molecule has 0 spiro atoms. The zero-order valence-corrected chi connectivity index (χ0v) is 13.7.